The van der Waals surface area contributed by atoms with Gasteiger partial charge in [-0.3, -0.25) is 4.79 Å². The van der Waals surface area contributed by atoms with Gasteiger partial charge in [0.05, 0.1) is 13.2 Å². The molecule has 2 N–H and O–H groups in total. The number of carbonyl (C=O) groups is 2. The fourth-order valence-electron chi connectivity index (χ4n) is 5.01. The van der Waals surface area contributed by atoms with Crippen LogP contribution in [0.15, 0.2) is 18.2 Å². The lowest BCUT2D eigenvalue weighted by molar-refractivity contribution is -0.193. The van der Waals surface area contributed by atoms with Crippen LogP contribution in [0.25, 0.3) is 10.9 Å². The Labute approximate surface area is 171 Å². The Morgan fingerprint density at radius 2 is 2.00 bits per heavy atom. The van der Waals surface area contributed by atoms with Crippen molar-refractivity contribution in [3.63, 3.8) is 0 Å². The quantitative estimate of drug-likeness (QED) is 0.755. The number of rotatable bonds is 5. The van der Waals surface area contributed by atoms with Gasteiger partial charge in [-0.25, -0.2) is 4.79 Å². The molecular weight excluding hydrogens is 368 g/mol. The zero-order valence-electron chi connectivity index (χ0n) is 17.7. The van der Waals surface area contributed by atoms with Gasteiger partial charge in [0.1, 0.15) is 5.54 Å². The normalized spacial score (nSPS) is 25.2. The molecule has 1 amide bonds. The molecule has 1 fully saturated rings. The molecule has 4 rings (SSSR count). The molecule has 0 bridgehead atoms. The SMILES string of the molecule is CCO[C@@H]1C[C@](NC(=O)c2ccc3[nH]c4c(c3c2)CCCC4)(C(=O)OC)C1(C)C. The summed E-state index contributed by atoms with van der Waals surface area (Å²) < 4.78 is 10.9. The van der Waals surface area contributed by atoms with Crippen molar-refractivity contribution in [2.45, 2.75) is 64.5 Å². The zero-order chi connectivity index (χ0) is 20.8. The van der Waals surface area contributed by atoms with Crippen molar-refractivity contribution in [1.29, 1.82) is 0 Å². The van der Waals surface area contributed by atoms with E-state index < -0.39 is 16.9 Å². The molecule has 0 unspecified atom stereocenters. The summed E-state index contributed by atoms with van der Waals surface area (Å²) >= 11 is 0. The first-order chi connectivity index (χ1) is 13.8. The Morgan fingerprint density at radius 1 is 1.24 bits per heavy atom. The molecule has 156 valence electrons. The number of hydrogen-bond acceptors (Lipinski definition) is 4. The van der Waals surface area contributed by atoms with Gasteiger partial charge >= 0.3 is 5.97 Å². The molecule has 6 nitrogen and oxygen atoms in total. The van der Waals surface area contributed by atoms with Crippen molar-refractivity contribution in [2.24, 2.45) is 5.41 Å². The van der Waals surface area contributed by atoms with Crippen LogP contribution < -0.4 is 5.32 Å². The Kier molecular flexibility index (Phi) is 4.93. The summed E-state index contributed by atoms with van der Waals surface area (Å²) in [6.45, 7) is 6.38. The van der Waals surface area contributed by atoms with E-state index in [-0.39, 0.29) is 12.0 Å². The van der Waals surface area contributed by atoms with Crippen LogP contribution in [0.1, 0.15) is 61.6 Å². The highest BCUT2D eigenvalue weighted by atomic mass is 16.5. The van der Waals surface area contributed by atoms with Gasteiger partial charge in [-0.05, 0) is 56.4 Å². The summed E-state index contributed by atoms with van der Waals surface area (Å²) in [5.41, 5.74) is 2.58. The van der Waals surface area contributed by atoms with E-state index >= 15 is 0 Å². The highest BCUT2D eigenvalue weighted by Gasteiger charge is 2.66. The number of hydrogen-bond donors (Lipinski definition) is 2. The molecule has 1 heterocycles. The highest BCUT2D eigenvalue weighted by Crippen LogP contribution is 2.52. The summed E-state index contributed by atoms with van der Waals surface area (Å²) in [5, 5.41) is 4.12. The minimum atomic E-state index is -1.09. The molecule has 6 heteroatoms. The number of aromatic nitrogens is 1. The highest BCUT2D eigenvalue weighted by molar-refractivity contribution is 6.02. The van der Waals surface area contributed by atoms with Crippen LogP contribution in [0.3, 0.4) is 0 Å². The topological polar surface area (TPSA) is 80.4 Å². The van der Waals surface area contributed by atoms with Gasteiger partial charge in [0.2, 0.25) is 0 Å². The van der Waals surface area contributed by atoms with Crippen LogP contribution in [0, 0.1) is 5.41 Å². The van der Waals surface area contributed by atoms with Gasteiger partial charge in [-0.15, -0.1) is 0 Å². The van der Waals surface area contributed by atoms with E-state index in [0.717, 1.165) is 23.7 Å². The molecule has 1 aromatic heterocycles. The smallest absolute Gasteiger partial charge is 0.332 e. The molecule has 1 aromatic carbocycles. The first kappa shape index (κ1) is 20.0. The van der Waals surface area contributed by atoms with E-state index in [2.05, 4.69) is 10.3 Å². The second-order valence-electron chi connectivity index (χ2n) is 8.77. The van der Waals surface area contributed by atoms with Gasteiger partial charge in [-0.1, -0.05) is 13.8 Å². The average molecular weight is 399 g/mol. The maximum Gasteiger partial charge on any atom is 0.332 e. The lowest BCUT2D eigenvalue weighted by Crippen LogP contribution is -2.76. The molecule has 2 aliphatic rings. The summed E-state index contributed by atoms with van der Waals surface area (Å²) in [7, 11) is 1.36. The van der Waals surface area contributed by atoms with Gasteiger partial charge in [0.25, 0.3) is 5.91 Å². The van der Waals surface area contributed by atoms with Crippen molar-refractivity contribution >= 4 is 22.8 Å². The van der Waals surface area contributed by atoms with E-state index in [1.165, 1.54) is 31.2 Å². The van der Waals surface area contributed by atoms with Crippen LogP contribution in [-0.4, -0.2) is 42.2 Å². The maximum absolute atomic E-state index is 13.2. The number of amides is 1. The minimum absolute atomic E-state index is 0.105. The Bertz CT molecular complexity index is 961. The number of fused-ring (bicyclic) bond motifs is 3. The standard InChI is InChI=1S/C23H30N2O4/c1-5-29-19-13-23(21(27)28-4,22(19,2)3)25-20(26)14-10-11-18-16(12-14)15-8-6-7-9-17(15)24-18/h10-12,19,24H,5-9,13H2,1-4H3,(H,25,26)/t19-,23+/m1/s1. The first-order valence-corrected chi connectivity index (χ1v) is 10.5. The average Bonchev–Trinajstić information content (AvgIpc) is 3.09. The number of esters is 1. The molecule has 0 spiro atoms. The summed E-state index contributed by atoms with van der Waals surface area (Å²) in [6, 6.07) is 5.72. The van der Waals surface area contributed by atoms with Crippen LogP contribution in [0.4, 0.5) is 0 Å². The Hall–Kier alpha value is -2.34. The number of ether oxygens (including phenoxy) is 2. The summed E-state index contributed by atoms with van der Waals surface area (Å²) in [5.74, 6) is -0.682. The fourth-order valence-corrected chi connectivity index (χ4v) is 5.01. The van der Waals surface area contributed by atoms with Crippen LogP contribution in [0.2, 0.25) is 0 Å². The second-order valence-corrected chi connectivity index (χ2v) is 8.77. The van der Waals surface area contributed by atoms with Crippen molar-refractivity contribution in [3.8, 4) is 0 Å². The monoisotopic (exact) mass is 398 g/mol. The molecule has 0 aliphatic heterocycles. The molecule has 1 saturated carbocycles. The summed E-state index contributed by atoms with van der Waals surface area (Å²) in [6.07, 6.45) is 4.78. The summed E-state index contributed by atoms with van der Waals surface area (Å²) in [4.78, 5) is 29.4. The third-order valence-corrected chi connectivity index (χ3v) is 6.99. The van der Waals surface area contributed by atoms with Gasteiger partial charge in [0, 0.05) is 40.6 Å². The lowest BCUT2D eigenvalue weighted by Gasteiger charge is -2.58. The molecule has 0 radical (unpaired) electrons. The van der Waals surface area contributed by atoms with Crippen LogP contribution in [-0.2, 0) is 27.1 Å². The van der Waals surface area contributed by atoms with Crippen molar-refractivity contribution in [3.05, 3.63) is 35.0 Å². The zero-order valence-corrected chi connectivity index (χ0v) is 17.7. The number of methoxy groups -OCH3 is 1. The van der Waals surface area contributed by atoms with Gasteiger partial charge in [0.15, 0.2) is 0 Å². The van der Waals surface area contributed by atoms with Gasteiger partial charge < -0.3 is 19.8 Å². The molecule has 2 aliphatic carbocycles. The van der Waals surface area contributed by atoms with Crippen molar-refractivity contribution in [2.75, 3.05) is 13.7 Å². The number of H-pyrrole nitrogens is 1. The molecule has 2 atom stereocenters. The fraction of sp³-hybridized carbons (Fsp3) is 0.565. The van der Waals surface area contributed by atoms with E-state index in [1.54, 1.807) is 0 Å². The third kappa shape index (κ3) is 2.96. The van der Waals surface area contributed by atoms with E-state index in [0.29, 0.717) is 18.6 Å². The van der Waals surface area contributed by atoms with Crippen LogP contribution >= 0.6 is 0 Å². The number of benzene rings is 1. The van der Waals surface area contributed by atoms with Crippen LogP contribution in [0.5, 0.6) is 0 Å². The number of aryl methyl sites for hydroxylation is 2. The number of nitrogens with one attached hydrogen (secondary N) is 2. The molecule has 2 aromatic rings. The number of carbonyl (C=O) groups excluding carboxylic acids is 2. The predicted molar refractivity (Wildman–Crippen MR) is 111 cm³/mol. The molecule has 29 heavy (non-hydrogen) atoms. The maximum atomic E-state index is 13.2. The largest absolute Gasteiger partial charge is 0.467 e. The second kappa shape index (κ2) is 7.17. The minimum Gasteiger partial charge on any atom is -0.467 e. The van der Waals surface area contributed by atoms with Crippen molar-refractivity contribution in [1.82, 2.24) is 10.3 Å². The predicted octanol–water partition coefficient (Wildman–Crippen LogP) is 3.52. The van der Waals surface area contributed by atoms with Crippen molar-refractivity contribution < 1.29 is 19.1 Å². The van der Waals surface area contributed by atoms with Gasteiger partial charge in [-0.2, -0.15) is 0 Å². The lowest BCUT2D eigenvalue weighted by atomic mass is 9.54. The van der Waals surface area contributed by atoms with E-state index in [1.807, 2.05) is 39.0 Å². The molecular formula is C23H30N2O4. The van der Waals surface area contributed by atoms with E-state index in [9.17, 15) is 9.59 Å². The first-order valence-electron chi connectivity index (χ1n) is 10.5. The molecule has 0 saturated heterocycles. The third-order valence-electron chi connectivity index (χ3n) is 6.99. The van der Waals surface area contributed by atoms with E-state index in [4.69, 9.17) is 9.47 Å². The Morgan fingerprint density at radius 3 is 2.69 bits per heavy atom. The number of aromatic amines is 1. The Balaban J connectivity index is 1.64.